The van der Waals surface area contributed by atoms with Crippen molar-refractivity contribution >= 4 is 17.4 Å². The van der Waals surface area contributed by atoms with Gasteiger partial charge in [0.15, 0.2) is 11.5 Å². The molecule has 3 aromatic rings. The predicted molar refractivity (Wildman–Crippen MR) is 100 cm³/mol. The largest absolute Gasteiger partial charge is 0.493 e. The Hall–Kier alpha value is -3.68. The van der Waals surface area contributed by atoms with Crippen LogP contribution in [-0.2, 0) is 6.54 Å². The predicted octanol–water partition coefficient (Wildman–Crippen LogP) is 2.56. The van der Waals surface area contributed by atoms with Crippen LogP contribution in [0.1, 0.15) is 16.1 Å². The molecule has 0 radical (unpaired) electrons. The van der Waals surface area contributed by atoms with Gasteiger partial charge in [-0.25, -0.2) is 9.97 Å². The lowest BCUT2D eigenvalue weighted by atomic mass is 10.2. The van der Waals surface area contributed by atoms with Crippen LogP contribution in [-0.4, -0.2) is 35.1 Å². The first kappa shape index (κ1) is 18.1. The molecule has 0 unspecified atom stereocenters. The van der Waals surface area contributed by atoms with E-state index in [0.29, 0.717) is 23.9 Å². The highest BCUT2D eigenvalue weighted by molar-refractivity contribution is 5.92. The minimum atomic E-state index is -0.302. The van der Waals surface area contributed by atoms with E-state index in [1.807, 2.05) is 18.2 Å². The van der Waals surface area contributed by atoms with Crippen molar-refractivity contribution in [2.75, 3.05) is 19.5 Å². The average Bonchev–Trinajstić information content (AvgIpc) is 2.73. The van der Waals surface area contributed by atoms with Crippen molar-refractivity contribution in [3.05, 3.63) is 66.4 Å². The summed E-state index contributed by atoms with van der Waals surface area (Å²) in [7, 11) is 3.15. The summed E-state index contributed by atoms with van der Waals surface area (Å²) in [6.07, 6.45) is 6.29. The summed E-state index contributed by atoms with van der Waals surface area (Å²) in [6.45, 7) is 0.375. The van der Waals surface area contributed by atoms with Gasteiger partial charge in [0.25, 0.3) is 5.91 Å². The summed E-state index contributed by atoms with van der Waals surface area (Å²) in [5, 5.41) is 5.88. The van der Waals surface area contributed by atoms with Gasteiger partial charge in [-0.2, -0.15) is 0 Å². The number of carbonyl (C=O) groups is 1. The molecule has 2 N–H and O–H groups in total. The topological polar surface area (TPSA) is 98.3 Å². The Morgan fingerprint density at radius 3 is 2.56 bits per heavy atom. The van der Waals surface area contributed by atoms with Crippen LogP contribution >= 0.6 is 0 Å². The SMILES string of the molecule is COc1ccc(Nc2cnc(C(=O)NCc3cccnc3)cn2)cc1OC. The molecule has 8 nitrogen and oxygen atoms in total. The van der Waals surface area contributed by atoms with Gasteiger partial charge in [-0.3, -0.25) is 9.78 Å². The van der Waals surface area contributed by atoms with E-state index in [1.165, 1.54) is 12.4 Å². The highest BCUT2D eigenvalue weighted by Crippen LogP contribution is 2.30. The zero-order valence-corrected chi connectivity index (χ0v) is 15.0. The van der Waals surface area contributed by atoms with E-state index in [2.05, 4.69) is 25.6 Å². The summed E-state index contributed by atoms with van der Waals surface area (Å²) < 4.78 is 10.5. The third-order valence-electron chi connectivity index (χ3n) is 3.72. The van der Waals surface area contributed by atoms with Crippen LogP contribution in [0.15, 0.2) is 55.1 Å². The third kappa shape index (κ3) is 4.69. The van der Waals surface area contributed by atoms with Crippen LogP contribution in [0.5, 0.6) is 11.5 Å². The minimum absolute atomic E-state index is 0.233. The maximum Gasteiger partial charge on any atom is 0.271 e. The fourth-order valence-corrected chi connectivity index (χ4v) is 2.35. The molecule has 2 heterocycles. The summed E-state index contributed by atoms with van der Waals surface area (Å²) in [5.41, 5.74) is 1.90. The van der Waals surface area contributed by atoms with E-state index in [4.69, 9.17) is 9.47 Å². The molecule has 0 saturated heterocycles. The molecule has 0 aliphatic carbocycles. The van der Waals surface area contributed by atoms with Crippen LogP contribution in [0.4, 0.5) is 11.5 Å². The monoisotopic (exact) mass is 365 g/mol. The number of carbonyl (C=O) groups excluding carboxylic acids is 1. The molecule has 0 bridgehead atoms. The second kappa shape index (κ2) is 8.61. The zero-order chi connectivity index (χ0) is 19.1. The molecule has 3 rings (SSSR count). The number of nitrogens with zero attached hydrogens (tertiary/aromatic N) is 3. The molecule has 0 spiro atoms. The first-order valence-electron chi connectivity index (χ1n) is 8.18. The Kier molecular flexibility index (Phi) is 5.78. The van der Waals surface area contributed by atoms with Gasteiger partial charge in [-0.15, -0.1) is 0 Å². The second-order valence-corrected chi connectivity index (χ2v) is 5.53. The highest BCUT2D eigenvalue weighted by Gasteiger charge is 2.09. The Bertz CT molecular complexity index is 901. The minimum Gasteiger partial charge on any atom is -0.493 e. The number of benzene rings is 1. The summed E-state index contributed by atoms with van der Waals surface area (Å²) in [6, 6.07) is 9.10. The van der Waals surface area contributed by atoms with Crippen molar-refractivity contribution in [1.82, 2.24) is 20.3 Å². The van der Waals surface area contributed by atoms with Gasteiger partial charge >= 0.3 is 0 Å². The summed E-state index contributed by atoms with van der Waals surface area (Å²) >= 11 is 0. The Labute approximate surface area is 156 Å². The van der Waals surface area contributed by atoms with Crippen LogP contribution in [0.25, 0.3) is 0 Å². The molecule has 1 amide bonds. The molecular formula is C19H19N5O3. The molecule has 0 fully saturated rings. The van der Waals surface area contributed by atoms with Gasteiger partial charge in [-0.05, 0) is 23.8 Å². The van der Waals surface area contributed by atoms with Crippen LogP contribution in [0, 0.1) is 0 Å². The van der Waals surface area contributed by atoms with E-state index in [9.17, 15) is 4.79 Å². The Morgan fingerprint density at radius 2 is 1.89 bits per heavy atom. The molecule has 0 aliphatic rings. The van der Waals surface area contributed by atoms with E-state index in [1.54, 1.807) is 38.7 Å². The number of nitrogens with one attached hydrogen (secondary N) is 2. The molecule has 138 valence electrons. The number of aromatic nitrogens is 3. The van der Waals surface area contributed by atoms with Gasteiger partial charge in [0.05, 0.1) is 26.6 Å². The van der Waals surface area contributed by atoms with Gasteiger partial charge in [-0.1, -0.05) is 6.07 Å². The Morgan fingerprint density at radius 1 is 1.04 bits per heavy atom. The summed E-state index contributed by atoms with van der Waals surface area (Å²) in [5.74, 6) is 1.44. The molecule has 1 aromatic carbocycles. The van der Waals surface area contributed by atoms with Crippen molar-refractivity contribution in [3.63, 3.8) is 0 Å². The van der Waals surface area contributed by atoms with Crippen LogP contribution < -0.4 is 20.1 Å². The van der Waals surface area contributed by atoms with E-state index in [-0.39, 0.29) is 11.6 Å². The van der Waals surface area contributed by atoms with E-state index < -0.39 is 0 Å². The van der Waals surface area contributed by atoms with E-state index in [0.717, 1.165) is 11.3 Å². The Balaban J connectivity index is 1.62. The standard InChI is InChI=1S/C19H19N5O3/c1-26-16-6-5-14(8-17(16)27-2)24-18-12-21-15(11-22-18)19(25)23-10-13-4-3-7-20-9-13/h3-9,11-12H,10H2,1-2H3,(H,22,24)(H,23,25). The number of pyridine rings is 1. The van der Waals surface area contributed by atoms with Crippen molar-refractivity contribution < 1.29 is 14.3 Å². The van der Waals surface area contributed by atoms with Gasteiger partial charge in [0, 0.05) is 30.7 Å². The molecule has 8 heteroatoms. The lowest BCUT2D eigenvalue weighted by Crippen LogP contribution is -2.24. The molecule has 2 aromatic heterocycles. The lowest BCUT2D eigenvalue weighted by Gasteiger charge is -2.11. The first-order chi connectivity index (χ1) is 13.2. The van der Waals surface area contributed by atoms with Crippen molar-refractivity contribution in [2.24, 2.45) is 0 Å². The quantitative estimate of drug-likeness (QED) is 0.664. The zero-order valence-electron chi connectivity index (χ0n) is 15.0. The second-order valence-electron chi connectivity index (χ2n) is 5.53. The lowest BCUT2D eigenvalue weighted by molar-refractivity contribution is 0.0945. The highest BCUT2D eigenvalue weighted by atomic mass is 16.5. The molecule has 27 heavy (non-hydrogen) atoms. The normalized spacial score (nSPS) is 10.1. The molecule has 0 saturated carbocycles. The average molecular weight is 365 g/mol. The number of hydrogen-bond donors (Lipinski definition) is 2. The van der Waals surface area contributed by atoms with Crippen molar-refractivity contribution in [1.29, 1.82) is 0 Å². The third-order valence-corrected chi connectivity index (χ3v) is 3.72. The van der Waals surface area contributed by atoms with Crippen molar-refractivity contribution in [2.45, 2.75) is 6.54 Å². The van der Waals surface area contributed by atoms with Crippen LogP contribution in [0.3, 0.4) is 0 Å². The van der Waals surface area contributed by atoms with Gasteiger partial charge in [0.1, 0.15) is 11.5 Å². The van der Waals surface area contributed by atoms with Crippen LogP contribution in [0.2, 0.25) is 0 Å². The molecule has 0 atom stereocenters. The number of amides is 1. The fraction of sp³-hybridized carbons (Fsp3) is 0.158. The number of methoxy groups -OCH3 is 2. The first-order valence-corrected chi connectivity index (χ1v) is 8.18. The number of anilines is 2. The fourth-order valence-electron chi connectivity index (χ4n) is 2.35. The number of hydrogen-bond acceptors (Lipinski definition) is 7. The van der Waals surface area contributed by atoms with Gasteiger partial charge < -0.3 is 20.1 Å². The molecule has 0 aliphatic heterocycles. The molecular weight excluding hydrogens is 346 g/mol. The van der Waals surface area contributed by atoms with Gasteiger partial charge in [0.2, 0.25) is 0 Å². The van der Waals surface area contributed by atoms with Crippen molar-refractivity contribution in [3.8, 4) is 11.5 Å². The summed E-state index contributed by atoms with van der Waals surface area (Å²) in [4.78, 5) is 24.5. The number of ether oxygens (including phenoxy) is 2. The number of rotatable bonds is 7. The smallest absolute Gasteiger partial charge is 0.271 e. The maximum atomic E-state index is 12.2. The van der Waals surface area contributed by atoms with E-state index >= 15 is 0 Å². The maximum absolute atomic E-state index is 12.2.